The summed E-state index contributed by atoms with van der Waals surface area (Å²) in [5.74, 6) is -1.55. The van der Waals surface area contributed by atoms with E-state index in [2.05, 4.69) is 5.32 Å². The standard InChI is InChI=1S/C15H15FN2O2/c1-9-8-13(14(19)15(20)17-3)10(2)18(9)12-6-4-11(16)5-7-12/h4-8H,1-3H3,(H,17,20). The lowest BCUT2D eigenvalue weighted by Gasteiger charge is -2.09. The van der Waals surface area contributed by atoms with E-state index in [0.717, 1.165) is 11.4 Å². The fourth-order valence-corrected chi connectivity index (χ4v) is 2.22. The molecule has 0 unspecified atom stereocenters. The van der Waals surface area contributed by atoms with Crippen molar-refractivity contribution in [3.8, 4) is 5.69 Å². The molecule has 104 valence electrons. The van der Waals surface area contributed by atoms with Crippen LogP contribution in [0.4, 0.5) is 4.39 Å². The summed E-state index contributed by atoms with van der Waals surface area (Å²) in [5.41, 5.74) is 2.56. The molecule has 0 aliphatic heterocycles. The molecule has 2 aromatic rings. The molecular weight excluding hydrogens is 259 g/mol. The number of aryl methyl sites for hydroxylation is 1. The number of amides is 1. The summed E-state index contributed by atoms with van der Waals surface area (Å²) in [6.45, 7) is 3.59. The third-order valence-electron chi connectivity index (χ3n) is 3.19. The Morgan fingerprint density at radius 3 is 2.30 bits per heavy atom. The van der Waals surface area contributed by atoms with Crippen molar-refractivity contribution in [1.82, 2.24) is 9.88 Å². The minimum Gasteiger partial charge on any atom is -0.352 e. The molecule has 1 aromatic heterocycles. The SMILES string of the molecule is CNC(=O)C(=O)c1cc(C)n(-c2ccc(F)cc2)c1C. The Morgan fingerprint density at radius 1 is 1.15 bits per heavy atom. The summed E-state index contributed by atoms with van der Waals surface area (Å²) in [5, 5.41) is 2.32. The predicted octanol–water partition coefficient (Wildman–Crippen LogP) is 2.16. The molecule has 0 atom stereocenters. The lowest BCUT2D eigenvalue weighted by Crippen LogP contribution is -2.27. The normalized spacial score (nSPS) is 10.4. The van der Waals surface area contributed by atoms with Gasteiger partial charge in [-0.1, -0.05) is 0 Å². The van der Waals surface area contributed by atoms with Crippen molar-refractivity contribution >= 4 is 11.7 Å². The number of hydrogen-bond acceptors (Lipinski definition) is 2. The molecule has 5 heteroatoms. The minimum absolute atomic E-state index is 0.321. The molecule has 1 aromatic carbocycles. The highest BCUT2D eigenvalue weighted by atomic mass is 19.1. The largest absolute Gasteiger partial charge is 0.352 e. The molecule has 1 N–H and O–H groups in total. The number of nitrogens with one attached hydrogen (secondary N) is 1. The van der Waals surface area contributed by atoms with Crippen LogP contribution < -0.4 is 5.32 Å². The first-order valence-corrected chi connectivity index (χ1v) is 6.17. The lowest BCUT2D eigenvalue weighted by atomic mass is 10.1. The van der Waals surface area contributed by atoms with E-state index in [0.29, 0.717) is 11.3 Å². The molecule has 1 heterocycles. The monoisotopic (exact) mass is 274 g/mol. The van der Waals surface area contributed by atoms with E-state index >= 15 is 0 Å². The predicted molar refractivity (Wildman–Crippen MR) is 73.6 cm³/mol. The quantitative estimate of drug-likeness (QED) is 0.689. The van der Waals surface area contributed by atoms with Gasteiger partial charge in [-0.15, -0.1) is 0 Å². The number of hydrogen-bond donors (Lipinski definition) is 1. The van der Waals surface area contributed by atoms with Crippen LogP contribution in [-0.2, 0) is 4.79 Å². The second kappa shape index (κ2) is 5.28. The average molecular weight is 274 g/mol. The number of halogens is 1. The van der Waals surface area contributed by atoms with Crippen LogP contribution in [0.1, 0.15) is 21.7 Å². The van der Waals surface area contributed by atoms with Gasteiger partial charge in [-0.05, 0) is 44.2 Å². The summed E-state index contributed by atoms with van der Waals surface area (Å²) in [7, 11) is 1.42. The van der Waals surface area contributed by atoms with Crippen LogP contribution in [0, 0.1) is 19.7 Å². The fraction of sp³-hybridized carbons (Fsp3) is 0.200. The van der Waals surface area contributed by atoms with E-state index in [1.165, 1.54) is 19.2 Å². The third kappa shape index (κ3) is 2.34. The molecule has 0 saturated heterocycles. The average Bonchev–Trinajstić information content (AvgIpc) is 2.73. The summed E-state index contributed by atoms with van der Waals surface area (Å²) >= 11 is 0. The molecule has 1 amide bonds. The van der Waals surface area contributed by atoms with Crippen molar-refractivity contribution in [1.29, 1.82) is 0 Å². The van der Waals surface area contributed by atoms with Crippen molar-refractivity contribution in [2.75, 3.05) is 7.05 Å². The Labute approximate surface area is 116 Å². The van der Waals surface area contributed by atoms with Gasteiger partial charge in [0.2, 0.25) is 0 Å². The molecule has 20 heavy (non-hydrogen) atoms. The van der Waals surface area contributed by atoms with Crippen LogP contribution in [0.5, 0.6) is 0 Å². The number of carbonyl (C=O) groups excluding carboxylic acids is 2. The van der Waals surface area contributed by atoms with Crippen molar-refractivity contribution in [3.63, 3.8) is 0 Å². The molecular formula is C15H15FN2O2. The van der Waals surface area contributed by atoms with Crippen molar-refractivity contribution in [3.05, 3.63) is 53.1 Å². The van der Waals surface area contributed by atoms with Crippen LogP contribution in [0.3, 0.4) is 0 Å². The molecule has 0 aliphatic rings. The van der Waals surface area contributed by atoms with Crippen LogP contribution in [-0.4, -0.2) is 23.3 Å². The summed E-state index contributed by atoms with van der Waals surface area (Å²) < 4.78 is 14.8. The smallest absolute Gasteiger partial charge is 0.292 e. The van der Waals surface area contributed by atoms with Crippen LogP contribution in [0.25, 0.3) is 5.69 Å². The Bertz CT molecular complexity index is 672. The highest BCUT2D eigenvalue weighted by molar-refractivity contribution is 6.43. The van der Waals surface area contributed by atoms with Gasteiger partial charge in [-0.25, -0.2) is 4.39 Å². The first-order valence-electron chi connectivity index (χ1n) is 6.17. The Morgan fingerprint density at radius 2 is 1.75 bits per heavy atom. The van der Waals surface area contributed by atoms with E-state index in [1.54, 1.807) is 25.1 Å². The van der Waals surface area contributed by atoms with E-state index in [4.69, 9.17) is 0 Å². The van der Waals surface area contributed by atoms with Crippen molar-refractivity contribution in [2.45, 2.75) is 13.8 Å². The molecule has 0 bridgehead atoms. The first-order chi connectivity index (χ1) is 9.45. The zero-order valence-corrected chi connectivity index (χ0v) is 11.5. The molecule has 0 aliphatic carbocycles. The molecule has 4 nitrogen and oxygen atoms in total. The first kappa shape index (κ1) is 14.0. The zero-order chi connectivity index (χ0) is 14.9. The van der Waals surface area contributed by atoms with Gasteiger partial charge in [0.05, 0.1) is 0 Å². The molecule has 0 saturated carbocycles. The number of ketones is 1. The van der Waals surface area contributed by atoms with Gasteiger partial charge in [-0.3, -0.25) is 9.59 Å². The number of benzene rings is 1. The Hall–Kier alpha value is -2.43. The topological polar surface area (TPSA) is 51.1 Å². The number of carbonyl (C=O) groups is 2. The maximum absolute atomic E-state index is 13.0. The molecule has 0 fully saturated rings. The maximum atomic E-state index is 13.0. The zero-order valence-electron chi connectivity index (χ0n) is 11.5. The Kier molecular flexibility index (Phi) is 3.70. The highest BCUT2D eigenvalue weighted by Gasteiger charge is 2.21. The number of Topliss-reactive ketones (excluding diaryl/α,β-unsaturated/α-hetero) is 1. The summed E-state index contributed by atoms with van der Waals surface area (Å²) in [4.78, 5) is 23.4. The van der Waals surface area contributed by atoms with Gasteiger partial charge < -0.3 is 9.88 Å². The van der Waals surface area contributed by atoms with Gasteiger partial charge in [0.25, 0.3) is 11.7 Å². The van der Waals surface area contributed by atoms with E-state index in [9.17, 15) is 14.0 Å². The Balaban J connectivity index is 2.52. The number of rotatable bonds is 3. The summed E-state index contributed by atoms with van der Waals surface area (Å²) in [6.07, 6.45) is 0. The minimum atomic E-state index is -0.649. The number of likely N-dealkylation sites (N-methyl/N-ethyl adjacent to an activating group) is 1. The lowest BCUT2D eigenvalue weighted by molar-refractivity contribution is -0.116. The highest BCUT2D eigenvalue weighted by Crippen LogP contribution is 2.21. The number of aromatic nitrogens is 1. The van der Waals surface area contributed by atoms with Gasteiger partial charge >= 0.3 is 0 Å². The third-order valence-corrected chi connectivity index (χ3v) is 3.19. The van der Waals surface area contributed by atoms with Crippen LogP contribution in [0.15, 0.2) is 30.3 Å². The van der Waals surface area contributed by atoms with Crippen LogP contribution in [0.2, 0.25) is 0 Å². The maximum Gasteiger partial charge on any atom is 0.292 e. The van der Waals surface area contributed by atoms with Gasteiger partial charge in [-0.2, -0.15) is 0 Å². The fourth-order valence-electron chi connectivity index (χ4n) is 2.22. The molecule has 2 rings (SSSR count). The second-order valence-corrected chi connectivity index (χ2v) is 4.50. The second-order valence-electron chi connectivity index (χ2n) is 4.50. The van der Waals surface area contributed by atoms with Gasteiger partial charge in [0, 0.05) is 29.7 Å². The van der Waals surface area contributed by atoms with E-state index in [1.807, 2.05) is 11.5 Å². The number of nitrogens with zero attached hydrogens (tertiary/aromatic N) is 1. The molecule has 0 radical (unpaired) electrons. The summed E-state index contributed by atoms with van der Waals surface area (Å²) in [6, 6.07) is 7.63. The van der Waals surface area contributed by atoms with Crippen molar-refractivity contribution in [2.24, 2.45) is 0 Å². The van der Waals surface area contributed by atoms with E-state index < -0.39 is 11.7 Å². The van der Waals surface area contributed by atoms with Crippen LogP contribution >= 0.6 is 0 Å². The van der Waals surface area contributed by atoms with E-state index in [-0.39, 0.29) is 5.82 Å². The van der Waals surface area contributed by atoms with Gasteiger partial charge in [0.1, 0.15) is 5.82 Å². The molecule has 0 spiro atoms. The van der Waals surface area contributed by atoms with Crippen molar-refractivity contribution < 1.29 is 14.0 Å². The van der Waals surface area contributed by atoms with Gasteiger partial charge in [0.15, 0.2) is 0 Å².